The van der Waals surface area contributed by atoms with Gasteiger partial charge in [-0.1, -0.05) is 31.5 Å². The molecule has 3 aliphatic rings. The van der Waals surface area contributed by atoms with Crippen molar-refractivity contribution in [2.75, 3.05) is 13.2 Å². The number of H-pyrrole nitrogens is 1. The Kier molecular flexibility index (Phi) is 10.5. The SMILES string of the molecule is CCC[C@H](CCOCC)c1ccc2c(c1)cc(C(=O)N1[C@@H]3CCC[C@H]1c1c(nn(-c4cc(C)c(F)c(C)c4)c1-n1ccn(-c4ccc5c(cnn5C)c4F)c1=O)C3)n2[C@@]1(c2noc(=O)[nH]2)C[C@@H]1C. The Labute approximate surface area is 389 Å². The predicted octanol–water partition coefficient (Wildman–Crippen LogP) is 8.61. The van der Waals surface area contributed by atoms with Gasteiger partial charge in [0.2, 0.25) is 0 Å². The van der Waals surface area contributed by atoms with Gasteiger partial charge in [-0.25, -0.2) is 23.1 Å². The number of carbonyl (C=O) groups excluding carboxylic acids is 1. The van der Waals surface area contributed by atoms with Crippen molar-refractivity contribution in [3.8, 4) is 17.2 Å². The molecule has 2 fully saturated rings. The fourth-order valence-corrected chi connectivity index (χ4v) is 11.6. The van der Waals surface area contributed by atoms with Crippen LogP contribution in [0.25, 0.3) is 39.0 Å². The van der Waals surface area contributed by atoms with Gasteiger partial charge in [0.05, 0.1) is 40.2 Å². The molecular weight excluding hydrogens is 871 g/mol. The number of nitrogens with zero attached hydrogens (tertiary/aromatic N) is 9. The number of aryl methyl sites for hydroxylation is 3. The van der Waals surface area contributed by atoms with Crippen molar-refractivity contribution in [2.45, 2.75) is 110 Å². The summed E-state index contributed by atoms with van der Waals surface area (Å²) in [4.78, 5) is 48.2. The third-order valence-corrected chi connectivity index (χ3v) is 15.0. The van der Waals surface area contributed by atoms with Gasteiger partial charge in [0, 0.05) is 61.6 Å². The first-order valence-electron chi connectivity index (χ1n) is 23.8. The van der Waals surface area contributed by atoms with Crippen LogP contribution in [0.3, 0.4) is 0 Å². The number of rotatable bonds is 13. The van der Waals surface area contributed by atoms with Crippen LogP contribution in [0.1, 0.15) is 122 Å². The molecule has 0 unspecified atom stereocenters. The second kappa shape index (κ2) is 16.4. The molecule has 1 aliphatic carbocycles. The van der Waals surface area contributed by atoms with E-state index in [1.54, 1.807) is 60.7 Å². The number of fused-ring (bicyclic) bond motifs is 6. The Morgan fingerprint density at radius 2 is 1.75 bits per heavy atom. The number of aromatic amines is 1. The van der Waals surface area contributed by atoms with E-state index in [0.717, 1.165) is 48.7 Å². The maximum atomic E-state index is 16.3. The van der Waals surface area contributed by atoms with Crippen LogP contribution in [0.4, 0.5) is 8.78 Å². The summed E-state index contributed by atoms with van der Waals surface area (Å²) in [5, 5.41) is 14.8. The number of piperidine rings is 1. The molecule has 0 spiro atoms. The van der Waals surface area contributed by atoms with Crippen molar-refractivity contribution in [2.24, 2.45) is 13.0 Å². The van der Waals surface area contributed by atoms with E-state index in [0.29, 0.717) is 77.7 Å². The molecule has 7 heterocycles. The lowest BCUT2D eigenvalue weighted by molar-refractivity contribution is 0.0386. The van der Waals surface area contributed by atoms with Gasteiger partial charge in [-0.05, 0) is 130 Å². The molecule has 5 atom stereocenters. The molecule has 8 aromatic rings. The maximum Gasteiger partial charge on any atom is 0.438 e. The maximum absolute atomic E-state index is 16.3. The van der Waals surface area contributed by atoms with Crippen LogP contribution in [0.15, 0.2) is 81.2 Å². The largest absolute Gasteiger partial charge is 0.438 e. The third kappa shape index (κ3) is 6.66. The number of hydrogen-bond acceptors (Lipinski definition) is 8. The molecular formula is C51H54F2N10O5. The summed E-state index contributed by atoms with van der Waals surface area (Å²) in [6, 6.07) is 14.3. The molecule has 1 saturated carbocycles. The van der Waals surface area contributed by atoms with Crippen LogP contribution in [0, 0.1) is 31.4 Å². The summed E-state index contributed by atoms with van der Waals surface area (Å²) in [6.07, 6.45) is 10.6. The molecule has 68 heavy (non-hydrogen) atoms. The number of amides is 1. The number of ether oxygens (including phenoxy) is 1. The second-order valence-corrected chi connectivity index (χ2v) is 19.1. The average molecular weight is 925 g/mol. The van der Waals surface area contributed by atoms with Crippen molar-refractivity contribution < 1.29 is 22.8 Å². The molecule has 11 rings (SSSR count). The molecule has 0 radical (unpaired) electrons. The zero-order chi connectivity index (χ0) is 47.3. The Balaban J connectivity index is 1.08. The minimum absolute atomic E-state index is 0.00337. The fraction of sp³-hybridized carbons (Fsp3) is 0.412. The second-order valence-electron chi connectivity index (χ2n) is 19.1. The van der Waals surface area contributed by atoms with Gasteiger partial charge in [0.25, 0.3) is 5.91 Å². The van der Waals surface area contributed by atoms with Crippen LogP contribution in [-0.2, 0) is 23.7 Å². The zero-order valence-corrected chi connectivity index (χ0v) is 39.1. The number of benzene rings is 3. The molecule has 352 valence electrons. The molecule has 2 bridgehead atoms. The van der Waals surface area contributed by atoms with E-state index >= 15 is 13.6 Å². The van der Waals surface area contributed by atoms with E-state index in [9.17, 15) is 9.59 Å². The topological polar surface area (TPSA) is 156 Å². The molecule has 2 aliphatic heterocycles. The number of hydrogen-bond donors (Lipinski definition) is 1. The van der Waals surface area contributed by atoms with Crippen molar-refractivity contribution in [3.63, 3.8) is 0 Å². The van der Waals surface area contributed by atoms with E-state index in [1.165, 1.54) is 27.1 Å². The van der Waals surface area contributed by atoms with Gasteiger partial charge in [-0.15, -0.1) is 0 Å². The number of halogens is 2. The summed E-state index contributed by atoms with van der Waals surface area (Å²) in [7, 11) is 1.73. The Morgan fingerprint density at radius 1 is 0.985 bits per heavy atom. The van der Waals surface area contributed by atoms with Gasteiger partial charge in [0.15, 0.2) is 11.6 Å². The lowest BCUT2D eigenvalue weighted by atomic mass is 9.82. The molecule has 15 nitrogen and oxygen atoms in total. The van der Waals surface area contributed by atoms with Crippen LogP contribution in [-0.4, -0.2) is 73.5 Å². The average Bonchev–Trinajstić information content (AvgIpc) is 3.95. The van der Waals surface area contributed by atoms with Crippen LogP contribution < -0.4 is 11.4 Å². The van der Waals surface area contributed by atoms with Gasteiger partial charge in [-0.3, -0.25) is 28.1 Å². The summed E-state index contributed by atoms with van der Waals surface area (Å²) in [5.41, 5.74) is 4.50. The van der Waals surface area contributed by atoms with Crippen LogP contribution in [0.5, 0.6) is 0 Å². The van der Waals surface area contributed by atoms with Crippen molar-refractivity contribution >= 4 is 27.7 Å². The van der Waals surface area contributed by atoms with Gasteiger partial charge >= 0.3 is 11.4 Å². The zero-order valence-electron chi connectivity index (χ0n) is 39.1. The predicted molar refractivity (Wildman–Crippen MR) is 251 cm³/mol. The summed E-state index contributed by atoms with van der Waals surface area (Å²) >= 11 is 0. The molecule has 17 heteroatoms. The molecule has 5 aromatic heterocycles. The lowest BCUT2D eigenvalue weighted by Gasteiger charge is -2.46. The molecule has 1 saturated heterocycles. The quantitative estimate of drug-likeness (QED) is 0.113. The highest BCUT2D eigenvalue weighted by Crippen LogP contribution is 2.56. The van der Waals surface area contributed by atoms with Gasteiger partial charge < -0.3 is 14.2 Å². The molecule has 1 amide bonds. The minimum Gasteiger partial charge on any atom is -0.382 e. The number of aromatic nitrogens is 9. The van der Waals surface area contributed by atoms with E-state index < -0.39 is 28.8 Å². The number of nitrogens with one attached hydrogen (secondary N) is 1. The fourth-order valence-electron chi connectivity index (χ4n) is 11.6. The standard InChI is InChI=1S/C51H54F2N10O5/c1-7-10-31(17-20-67-8-2)32-13-14-38-33(23-32)24-42(62(38)51(26-30(51)5)48-55-49(65)68-57-48)47(64)61-34-11-9-12-40(61)43-37(25-34)56-63(35-21-28(3)44(52)29(4)22-35)46(43)60-19-18-59(50(60)66)41-16-15-39-36(45(41)53)27-54-58(39)6/h13-16,18-19,21-24,27,30-31,34,40H,7-12,17,20,25-26H2,1-6H3,(H,55,57,65)/t30-,31+,34+,40-,51-/m0/s1. The highest BCUT2D eigenvalue weighted by atomic mass is 19.1. The van der Waals surface area contributed by atoms with E-state index in [2.05, 4.69) is 51.9 Å². The normalized spacial score (nSPS) is 20.4. The van der Waals surface area contributed by atoms with Crippen molar-refractivity contribution in [3.05, 3.63) is 139 Å². The van der Waals surface area contributed by atoms with Crippen molar-refractivity contribution in [1.82, 2.24) is 48.3 Å². The first-order chi connectivity index (χ1) is 32.8. The van der Waals surface area contributed by atoms with E-state index in [-0.39, 0.29) is 40.7 Å². The monoisotopic (exact) mass is 924 g/mol. The van der Waals surface area contributed by atoms with Crippen LogP contribution in [0.2, 0.25) is 0 Å². The van der Waals surface area contributed by atoms with Gasteiger partial charge in [0.1, 0.15) is 22.9 Å². The Bertz CT molecular complexity index is 3400. The first-order valence-corrected chi connectivity index (χ1v) is 23.8. The Morgan fingerprint density at radius 3 is 2.47 bits per heavy atom. The summed E-state index contributed by atoms with van der Waals surface area (Å²) < 4.78 is 50.4. The van der Waals surface area contributed by atoms with Crippen molar-refractivity contribution in [1.29, 1.82) is 0 Å². The Hall–Kier alpha value is -6.88. The third-order valence-electron chi connectivity index (χ3n) is 15.0. The first kappa shape index (κ1) is 43.7. The van der Waals surface area contributed by atoms with E-state index in [4.69, 9.17) is 14.4 Å². The summed E-state index contributed by atoms with van der Waals surface area (Å²) in [6.45, 7) is 10.9. The van der Waals surface area contributed by atoms with E-state index in [1.807, 2.05) is 17.9 Å². The molecule has 3 aromatic carbocycles. The highest BCUT2D eigenvalue weighted by molar-refractivity contribution is 6.00. The molecule has 1 N–H and O–H groups in total. The minimum atomic E-state index is -0.854. The smallest absolute Gasteiger partial charge is 0.382 e. The van der Waals surface area contributed by atoms with Gasteiger partial charge in [-0.2, -0.15) is 10.2 Å². The number of carbonyl (C=O) groups is 1. The van der Waals surface area contributed by atoms with Crippen LogP contribution >= 0.6 is 0 Å². The highest BCUT2D eigenvalue weighted by Gasteiger charge is 2.59. The summed E-state index contributed by atoms with van der Waals surface area (Å²) in [5.74, 6) is -0.766. The number of imidazole rings is 1. The lowest BCUT2D eigenvalue weighted by Crippen LogP contribution is -2.50.